The van der Waals surface area contributed by atoms with Crippen LogP contribution in [0.3, 0.4) is 0 Å². The molecule has 0 amide bonds. The van der Waals surface area contributed by atoms with Gasteiger partial charge >= 0.3 is 0 Å². The second-order valence-corrected chi connectivity index (χ2v) is 6.97. The molecular weight excluding hydrogens is 304 g/mol. The van der Waals surface area contributed by atoms with E-state index in [9.17, 15) is 18.3 Å². The van der Waals surface area contributed by atoms with Crippen molar-refractivity contribution in [1.82, 2.24) is 0 Å². The predicted octanol–water partition coefficient (Wildman–Crippen LogP) is 2.57. The standard InChI is InChI=1S/C16H12O5S/c1-22(19,20)12-5-2-10(3-6-12)14-9-21-15-8-11(17)4-7-13(15)16(14)18/h2-9,17H,1H3. The summed E-state index contributed by atoms with van der Waals surface area (Å²) in [4.78, 5) is 12.6. The van der Waals surface area contributed by atoms with Gasteiger partial charge in [0.2, 0.25) is 0 Å². The maximum atomic E-state index is 12.5. The molecule has 0 aliphatic heterocycles. The minimum Gasteiger partial charge on any atom is -0.508 e. The van der Waals surface area contributed by atoms with Gasteiger partial charge in [-0.05, 0) is 29.8 Å². The molecule has 0 radical (unpaired) electrons. The molecular formula is C16H12O5S. The molecule has 1 heterocycles. The Balaban J connectivity index is 2.16. The summed E-state index contributed by atoms with van der Waals surface area (Å²) in [6, 6.07) is 10.3. The lowest BCUT2D eigenvalue weighted by atomic mass is 10.1. The van der Waals surface area contributed by atoms with Crippen molar-refractivity contribution in [2.45, 2.75) is 4.90 Å². The molecule has 0 saturated carbocycles. The van der Waals surface area contributed by atoms with Gasteiger partial charge in [0.05, 0.1) is 15.8 Å². The maximum Gasteiger partial charge on any atom is 0.200 e. The summed E-state index contributed by atoms with van der Waals surface area (Å²) >= 11 is 0. The van der Waals surface area contributed by atoms with Crippen molar-refractivity contribution < 1.29 is 17.9 Å². The van der Waals surface area contributed by atoms with Gasteiger partial charge in [-0.25, -0.2) is 8.42 Å². The molecule has 0 unspecified atom stereocenters. The minimum absolute atomic E-state index is 0.0147. The van der Waals surface area contributed by atoms with E-state index in [1.54, 1.807) is 12.1 Å². The summed E-state index contributed by atoms with van der Waals surface area (Å²) in [6.07, 6.45) is 2.43. The first kappa shape index (κ1) is 14.3. The summed E-state index contributed by atoms with van der Waals surface area (Å²) < 4.78 is 28.3. The number of sulfone groups is 1. The van der Waals surface area contributed by atoms with E-state index in [1.165, 1.54) is 36.6 Å². The lowest BCUT2D eigenvalue weighted by molar-refractivity contribution is 0.474. The quantitative estimate of drug-likeness (QED) is 0.785. The van der Waals surface area contributed by atoms with Crippen LogP contribution in [0.4, 0.5) is 0 Å². The molecule has 0 saturated heterocycles. The van der Waals surface area contributed by atoms with Crippen LogP contribution in [0.15, 0.2) is 62.8 Å². The fourth-order valence-electron chi connectivity index (χ4n) is 2.20. The van der Waals surface area contributed by atoms with E-state index in [-0.39, 0.29) is 16.1 Å². The first-order valence-electron chi connectivity index (χ1n) is 6.41. The van der Waals surface area contributed by atoms with Gasteiger partial charge in [0.1, 0.15) is 17.6 Å². The van der Waals surface area contributed by atoms with Crippen LogP contribution < -0.4 is 5.43 Å². The smallest absolute Gasteiger partial charge is 0.200 e. The van der Waals surface area contributed by atoms with Crippen LogP contribution in [0.2, 0.25) is 0 Å². The molecule has 0 aliphatic carbocycles. The summed E-state index contributed by atoms with van der Waals surface area (Å²) in [6.45, 7) is 0. The third-order valence-corrected chi connectivity index (χ3v) is 4.48. The Labute approximate surface area is 126 Å². The van der Waals surface area contributed by atoms with E-state index >= 15 is 0 Å². The van der Waals surface area contributed by atoms with E-state index in [2.05, 4.69) is 0 Å². The van der Waals surface area contributed by atoms with E-state index in [0.29, 0.717) is 22.1 Å². The van der Waals surface area contributed by atoms with Gasteiger partial charge < -0.3 is 9.52 Å². The molecule has 1 N–H and O–H groups in total. The van der Waals surface area contributed by atoms with Gasteiger partial charge in [0.15, 0.2) is 15.3 Å². The van der Waals surface area contributed by atoms with E-state index in [1.807, 2.05) is 0 Å². The second-order valence-electron chi connectivity index (χ2n) is 4.96. The Hall–Kier alpha value is -2.60. The highest BCUT2D eigenvalue weighted by Gasteiger charge is 2.11. The molecule has 3 aromatic rings. The van der Waals surface area contributed by atoms with Gasteiger partial charge in [-0.15, -0.1) is 0 Å². The third kappa shape index (κ3) is 2.48. The summed E-state index contributed by atoms with van der Waals surface area (Å²) in [7, 11) is -3.28. The van der Waals surface area contributed by atoms with Crippen LogP contribution in [-0.4, -0.2) is 19.8 Å². The van der Waals surface area contributed by atoms with Gasteiger partial charge in [-0.3, -0.25) is 4.79 Å². The maximum absolute atomic E-state index is 12.5. The van der Waals surface area contributed by atoms with E-state index < -0.39 is 9.84 Å². The van der Waals surface area contributed by atoms with Gasteiger partial charge in [-0.2, -0.15) is 0 Å². The van der Waals surface area contributed by atoms with Crippen molar-refractivity contribution in [3.8, 4) is 16.9 Å². The van der Waals surface area contributed by atoms with E-state index in [0.717, 1.165) is 6.26 Å². The number of rotatable bonds is 2. The molecule has 22 heavy (non-hydrogen) atoms. The zero-order valence-electron chi connectivity index (χ0n) is 11.6. The minimum atomic E-state index is -3.28. The highest BCUT2D eigenvalue weighted by Crippen LogP contribution is 2.23. The molecule has 6 heteroatoms. The number of hydrogen-bond donors (Lipinski definition) is 1. The van der Waals surface area contributed by atoms with Crippen LogP contribution in [-0.2, 0) is 9.84 Å². The monoisotopic (exact) mass is 316 g/mol. The van der Waals surface area contributed by atoms with Crippen LogP contribution in [0, 0.1) is 0 Å². The van der Waals surface area contributed by atoms with Crippen molar-refractivity contribution in [2.24, 2.45) is 0 Å². The first-order chi connectivity index (χ1) is 10.4. The lowest BCUT2D eigenvalue weighted by Crippen LogP contribution is -2.05. The summed E-state index contributed by atoms with van der Waals surface area (Å²) in [5.41, 5.74) is 0.948. The SMILES string of the molecule is CS(=O)(=O)c1ccc(-c2coc3cc(O)ccc3c2=O)cc1. The first-order valence-corrected chi connectivity index (χ1v) is 8.30. The largest absolute Gasteiger partial charge is 0.508 e. The van der Waals surface area contributed by atoms with Gasteiger partial charge in [0, 0.05) is 12.3 Å². The zero-order valence-corrected chi connectivity index (χ0v) is 12.4. The van der Waals surface area contributed by atoms with Crippen LogP contribution in [0.5, 0.6) is 5.75 Å². The Morgan fingerprint density at radius 3 is 2.36 bits per heavy atom. The number of fused-ring (bicyclic) bond motifs is 1. The highest BCUT2D eigenvalue weighted by molar-refractivity contribution is 7.90. The fourth-order valence-corrected chi connectivity index (χ4v) is 2.83. The van der Waals surface area contributed by atoms with Gasteiger partial charge in [-0.1, -0.05) is 12.1 Å². The van der Waals surface area contributed by atoms with Crippen molar-refractivity contribution in [1.29, 1.82) is 0 Å². The molecule has 1 aromatic heterocycles. The number of aromatic hydroxyl groups is 1. The summed E-state index contributed by atoms with van der Waals surface area (Å²) in [5, 5.41) is 9.74. The Morgan fingerprint density at radius 1 is 1.05 bits per heavy atom. The fraction of sp³-hybridized carbons (Fsp3) is 0.0625. The Morgan fingerprint density at radius 2 is 1.73 bits per heavy atom. The topological polar surface area (TPSA) is 84.6 Å². The lowest BCUT2D eigenvalue weighted by Gasteiger charge is -2.04. The summed E-state index contributed by atoms with van der Waals surface area (Å²) in [5.74, 6) is 0.0147. The number of hydrogen-bond acceptors (Lipinski definition) is 5. The number of benzene rings is 2. The Kier molecular flexibility index (Phi) is 3.26. The van der Waals surface area contributed by atoms with E-state index in [4.69, 9.17) is 4.42 Å². The van der Waals surface area contributed by atoms with Crippen molar-refractivity contribution in [3.63, 3.8) is 0 Å². The van der Waals surface area contributed by atoms with Crippen molar-refractivity contribution in [2.75, 3.05) is 6.26 Å². The van der Waals surface area contributed by atoms with Crippen LogP contribution >= 0.6 is 0 Å². The third-order valence-electron chi connectivity index (χ3n) is 3.35. The predicted molar refractivity (Wildman–Crippen MR) is 82.7 cm³/mol. The van der Waals surface area contributed by atoms with Crippen LogP contribution in [0.25, 0.3) is 22.1 Å². The second kappa shape index (κ2) is 4.99. The average Bonchev–Trinajstić information content (AvgIpc) is 2.47. The molecule has 2 aromatic carbocycles. The molecule has 0 fully saturated rings. The zero-order chi connectivity index (χ0) is 15.9. The normalized spacial score (nSPS) is 11.7. The number of phenols is 1. The molecule has 0 bridgehead atoms. The molecule has 0 spiro atoms. The van der Waals surface area contributed by atoms with Crippen molar-refractivity contribution in [3.05, 3.63) is 59.0 Å². The van der Waals surface area contributed by atoms with Crippen molar-refractivity contribution >= 4 is 20.8 Å². The van der Waals surface area contributed by atoms with Gasteiger partial charge in [0.25, 0.3) is 0 Å². The average molecular weight is 316 g/mol. The molecule has 5 nitrogen and oxygen atoms in total. The highest BCUT2D eigenvalue weighted by atomic mass is 32.2. The number of phenolic OH excluding ortho intramolecular Hbond substituents is 1. The molecule has 112 valence electrons. The molecule has 0 aliphatic rings. The molecule has 3 rings (SSSR count). The van der Waals surface area contributed by atoms with Crippen LogP contribution in [0.1, 0.15) is 0 Å². The molecule has 0 atom stereocenters. The Bertz CT molecular complexity index is 1010.